The SMILES string of the molecule is C=C(CN(C(=O)NCc1ccc2c(c1)CN(C1CCC(=O)NC1=O)C2=O)c1cc(Cl)cc([N+](=O)[O-])c1)C(=O)N1CCC[C@@H](n2nc(-c3ccc(Oc4ccccc4)cc3)c3c(N)ncnc32)C1. The number of carbonyl (C=O) groups is 5. The molecule has 0 aliphatic carbocycles. The average molecular weight is 924 g/mol. The van der Waals surface area contributed by atoms with Gasteiger partial charge in [0.25, 0.3) is 17.5 Å². The normalized spacial score (nSPS) is 16.9. The number of para-hydroxylation sites is 1. The van der Waals surface area contributed by atoms with Crippen LogP contribution in [0.3, 0.4) is 0 Å². The number of halogens is 1. The van der Waals surface area contributed by atoms with Crippen molar-refractivity contribution in [2.45, 2.75) is 50.9 Å². The number of carbonyl (C=O) groups excluding carboxylic acids is 5. The first-order chi connectivity index (χ1) is 32.3. The highest BCUT2D eigenvalue weighted by atomic mass is 35.5. The van der Waals surface area contributed by atoms with Crippen molar-refractivity contribution >= 4 is 69.5 Å². The molecule has 0 bridgehead atoms. The molecule has 2 atom stereocenters. The molecule has 6 amide bonds. The summed E-state index contributed by atoms with van der Waals surface area (Å²) in [5, 5.41) is 22.5. The maximum absolute atomic E-state index is 14.3. The second kappa shape index (κ2) is 18.4. The Balaban J connectivity index is 0.913. The van der Waals surface area contributed by atoms with Crippen molar-refractivity contribution < 1.29 is 33.6 Å². The van der Waals surface area contributed by atoms with Crippen LogP contribution in [0.25, 0.3) is 22.3 Å². The smallest absolute Gasteiger partial charge is 0.322 e. The molecule has 6 aromatic rings. The Morgan fingerprint density at radius 3 is 2.54 bits per heavy atom. The molecule has 19 nitrogen and oxygen atoms in total. The largest absolute Gasteiger partial charge is 0.457 e. The fourth-order valence-corrected chi connectivity index (χ4v) is 8.91. The lowest BCUT2D eigenvalue weighted by Crippen LogP contribution is -2.52. The van der Waals surface area contributed by atoms with Gasteiger partial charge in [-0.05, 0) is 78.9 Å². The summed E-state index contributed by atoms with van der Waals surface area (Å²) in [6.07, 6.45) is 2.97. The quantitative estimate of drug-likeness (QED) is 0.0528. The molecular formula is C47H42ClN11O8. The zero-order chi connectivity index (χ0) is 46.9. The molecule has 20 heteroatoms. The molecular weight excluding hydrogens is 882 g/mol. The van der Waals surface area contributed by atoms with E-state index in [9.17, 15) is 34.1 Å². The Morgan fingerprint density at radius 1 is 1.00 bits per heavy atom. The minimum Gasteiger partial charge on any atom is -0.457 e. The number of nitrogens with two attached hydrogens (primary N) is 1. The summed E-state index contributed by atoms with van der Waals surface area (Å²) in [7, 11) is 0. The van der Waals surface area contributed by atoms with Gasteiger partial charge in [0.1, 0.15) is 35.4 Å². The van der Waals surface area contributed by atoms with Crippen LogP contribution in [-0.4, -0.2) is 89.8 Å². The highest BCUT2D eigenvalue weighted by Gasteiger charge is 2.39. The van der Waals surface area contributed by atoms with Crippen molar-refractivity contribution in [2.75, 3.05) is 30.3 Å². The summed E-state index contributed by atoms with van der Waals surface area (Å²) >= 11 is 6.33. The highest BCUT2D eigenvalue weighted by molar-refractivity contribution is 6.31. The number of ether oxygens (including phenoxy) is 1. The van der Waals surface area contributed by atoms with Gasteiger partial charge in [0.15, 0.2) is 5.65 Å². The number of rotatable bonds is 12. The van der Waals surface area contributed by atoms with Gasteiger partial charge >= 0.3 is 6.03 Å². The van der Waals surface area contributed by atoms with E-state index in [4.69, 9.17) is 27.2 Å². The fraction of sp³-hybridized carbons (Fsp3) is 0.234. The first-order valence-electron chi connectivity index (χ1n) is 21.4. The molecule has 67 heavy (non-hydrogen) atoms. The van der Waals surface area contributed by atoms with Crippen LogP contribution in [0.4, 0.5) is 22.0 Å². The monoisotopic (exact) mass is 923 g/mol. The van der Waals surface area contributed by atoms with E-state index in [0.29, 0.717) is 64.3 Å². The van der Waals surface area contributed by atoms with Crippen molar-refractivity contribution in [3.8, 4) is 22.8 Å². The molecule has 2 fully saturated rings. The van der Waals surface area contributed by atoms with Crippen LogP contribution < -0.4 is 26.0 Å². The predicted octanol–water partition coefficient (Wildman–Crippen LogP) is 6.33. The second-order valence-corrected chi connectivity index (χ2v) is 16.8. The molecule has 0 spiro atoms. The first-order valence-corrected chi connectivity index (χ1v) is 21.7. The molecule has 1 unspecified atom stereocenters. The minimum absolute atomic E-state index is 0.00612. The zero-order valence-electron chi connectivity index (χ0n) is 35.8. The molecule has 0 radical (unpaired) electrons. The molecule has 4 aromatic carbocycles. The summed E-state index contributed by atoms with van der Waals surface area (Å²) < 4.78 is 7.75. The van der Waals surface area contributed by atoms with E-state index in [-0.39, 0.29) is 84.7 Å². The first kappa shape index (κ1) is 44.0. The number of amides is 6. The van der Waals surface area contributed by atoms with Gasteiger partial charge in [-0.25, -0.2) is 19.4 Å². The minimum atomic E-state index is -0.787. The van der Waals surface area contributed by atoms with Crippen LogP contribution in [0.15, 0.2) is 109 Å². The van der Waals surface area contributed by atoms with Crippen LogP contribution in [0, 0.1) is 10.1 Å². The lowest BCUT2D eigenvalue weighted by atomic mass is 10.0. The number of nitrogen functional groups attached to an aromatic ring is 1. The molecule has 2 aromatic heterocycles. The average Bonchev–Trinajstić information content (AvgIpc) is 3.88. The van der Waals surface area contributed by atoms with Crippen molar-refractivity contribution in [2.24, 2.45) is 0 Å². The standard InChI is InChI=1S/C47H42ClN11O8/c1-27(45(62)55-17-5-6-32(25-55)58-43-40(42(49)51-26-52-43)41(54-58)29-10-12-36(13-11-29)67-35-7-3-2-4-8-35)23-56(33-19-31(48)20-34(21-33)59(65)66)47(64)50-22-28-9-14-37-30(18-28)24-57(46(37)63)38-15-16-39(60)53-44(38)61/h2-4,7-14,18-21,26,32,38H,1,5-6,15-17,22-25H2,(H,50,64)(H2,49,51,52)(H,53,60,61)/t32-,38?/m1/s1. The number of hydrogen-bond acceptors (Lipinski definition) is 12. The molecule has 3 aliphatic heterocycles. The number of anilines is 2. The summed E-state index contributed by atoms with van der Waals surface area (Å²) in [5.41, 5.74) is 9.62. The van der Waals surface area contributed by atoms with Gasteiger partial charge in [0.05, 0.1) is 28.6 Å². The van der Waals surface area contributed by atoms with Crippen LogP contribution in [0.2, 0.25) is 5.02 Å². The van der Waals surface area contributed by atoms with E-state index in [0.717, 1.165) is 16.5 Å². The van der Waals surface area contributed by atoms with Crippen molar-refractivity contribution in [1.82, 2.24) is 40.2 Å². The maximum Gasteiger partial charge on any atom is 0.322 e. The summed E-state index contributed by atoms with van der Waals surface area (Å²) in [6.45, 7) is 4.43. The highest BCUT2D eigenvalue weighted by Crippen LogP contribution is 2.36. The van der Waals surface area contributed by atoms with Crippen LogP contribution in [-0.2, 0) is 27.5 Å². The number of aromatic nitrogens is 4. The lowest BCUT2D eigenvalue weighted by molar-refractivity contribution is -0.384. The van der Waals surface area contributed by atoms with Gasteiger partial charge in [0, 0.05) is 66.5 Å². The van der Waals surface area contributed by atoms with E-state index < -0.39 is 28.8 Å². The van der Waals surface area contributed by atoms with Gasteiger partial charge in [-0.15, -0.1) is 0 Å². The summed E-state index contributed by atoms with van der Waals surface area (Å²) in [5.74, 6) is -0.119. The number of nitro benzene ring substituents is 1. The Kier molecular flexibility index (Phi) is 12.1. The third-order valence-electron chi connectivity index (χ3n) is 12.0. The van der Waals surface area contributed by atoms with E-state index in [1.54, 1.807) is 27.8 Å². The Labute approximate surface area is 387 Å². The number of nitrogens with zero attached hydrogens (tertiary/aromatic N) is 8. The molecule has 3 aliphatic rings. The second-order valence-electron chi connectivity index (χ2n) is 16.4. The molecule has 2 saturated heterocycles. The zero-order valence-corrected chi connectivity index (χ0v) is 36.5. The Bertz CT molecular complexity index is 3000. The number of non-ortho nitro benzene ring substituents is 1. The molecule has 340 valence electrons. The number of piperidine rings is 2. The topological polar surface area (TPSA) is 241 Å². The molecule has 0 saturated carbocycles. The number of fused-ring (bicyclic) bond motifs is 2. The van der Waals surface area contributed by atoms with E-state index in [1.807, 2.05) is 54.6 Å². The number of imide groups is 1. The molecule has 9 rings (SSSR count). The number of urea groups is 1. The van der Waals surface area contributed by atoms with Crippen LogP contribution >= 0.6 is 11.6 Å². The van der Waals surface area contributed by atoms with Crippen LogP contribution in [0.1, 0.15) is 53.2 Å². The van der Waals surface area contributed by atoms with Crippen molar-refractivity contribution in [3.05, 3.63) is 141 Å². The van der Waals surface area contributed by atoms with Gasteiger partial charge in [-0.2, -0.15) is 5.10 Å². The number of likely N-dealkylation sites (tertiary alicyclic amines) is 1. The van der Waals surface area contributed by atoms with E-state index in [2.05, 4.69) is 27.2 Å². The van der Waals surface area contributed by atoms with Gasteiger partial charge in [-0.3, -0.25) is 39.5 Å². The van der Waals surface area contributed by atoms with Gasteiger partial charge in [0.2, 0.25) is 11.8 Å². The summed E-state index contributed by atoms with van der Waals surface area (Å²) in [4.78, 5) is 90.2. The predicted molar refractivity (Wildman–Crippen MR) is 246 cm³/mol. The summed E-state index contributed by atoms with van der Waals surface area (Å²) in [6, 6.07) is 23.7. The van der Waals surface area contributed by atoms with Gasteiger partial charge in [-0.1, -0.05) is 48.5 Å². The fourth-order valence-electron chi connectivity index (χ4n) is 8.69. The lowest BCUT2D eigenvalue weighted by Gasteiger charge is -2.34. The third kappa shape index (κ3) is 9.08. The molecule has 5 heterocycles. The van der Waals surface area contributed by atoms with Crippen molar-refractivity contribution in [1.29, 1.82) is 0 Å². The third-order valence-corrected chi connectivity index (χ3v) is 12.2. The van der Waals surface area contributed by atoms with Crippen molar-refractivity contribution in [3.63, 3.8) is 0 Å². The number of hydrogen-bond donors (Lipinski definition) is 3. The van der Waals surface area contributed by atoms with Gasteiger partial charge < -0.3 is 25.6 Å². The Hall–Kier alpha value is -8.19. The van der Waals surface area contributed by atoms with E-state index >= 15 is 0 Å². The van der Waals surface area contributed by atoms with E-state index in [1.165, 1.54) is 23.4 Å². The van der Waals surface area contributed by atoms with Crippen LogP contribution in [0.5, 0.6) is 11.5 Å². The number of benzene rings is 4. The molecule has 4 N–H and O–H groups in total. The number of nitro groups is 1. The Morgan fingerprint density at radius 2 is 1.78 bits per heavy atom. The maximum atomic E-state index is 14.3. The number of nitrogens with one attached hydrogen (secondary N) is 2.